The van der Waals surface area contributed by atoms with E-state index in [-0.39, 0.29) is 0 Å². The largest absolute Gasteiger partial charge is 0.457 e. The molecular formula is C48H31N3O. The highest BCUT2D eigenvalue weighted by Crippen LogP contribution is 2.62. The molecule has 0 amide bonds. The fourth-order valence-electron chi connectivity index (χ4n) is 8.76. The van der Waals surface area contributed by atoms with Gasteiger partial charge in [-0.1, -0.05) is 152 Å². The van der Waals surface area contributed by atoms with Crippen LogP contribution in [-0.4, -0.2) is 11.7 Å². The average Bonchev–Trinajstić information content (AvgIpc) is 3.51. The van der Waals surface area contributed by atoms with Crippen LogP contribution in [0.25, 0.3) is 32.7 Å². The predicted molar refractivity (Wildman–Crippen MR) is 211 cm³/mol. The maximum atomic E-state index is 6.72. The van der Waals surface area contributed by atoms with Crippen molar-refractivity contribution < 1.29 is 4.74 Å². The van der Waals surface area contributed by atoms with E-state index in [0.717, 1.165) is 56.4 Å². The Bertz CT molecular complexity index is 2770. The lowest BCUT2D eigenvalue weighted by atomic mass is 9.66. The summed E-state index contributed by atoms with van der Waals surface area (Å²) in [4.78, 5) is 10.7. The standard InChI is InChI=1S/C48H31N3O/c1-2-14-30(15-3-1)45-49-46(51-47(50-45)38-28-31-16-4-5-17-33(31)34-18-6-7-19-35(34)38)32-26-27-44-42(29-32)48(41-24-12-13-25-43(41)52-44)39-22-10-8-20-36(39)37-21-9-11-23-40(37)48/h1-29,46H,(H,49,50,51). The number of para-hydroxylation sites is 1. The van der Waals surface area contributed by atoms with Gasteiger partial charge in [0, 0.05) is 22.3 Å². The first-order valence-corrected chi connectivity index (χ1v) is 17.8. The van der Waals surface area contributed by atoms with Crippen molar-refractivity contribution in [1.82, 2.24) is 5.32 Å². The molecule has 52 heavy (non-hydrogen) atoms. The quantitative estimate of drug-likeness (QED) is 0.191. The van der Waals surface area contributed by atoms with Crippen molar-refractivity contribution in [2.24, 2.45) is 9.98 Å². The number of benzene rings is 8. The normalized spacial score (nSPS) is 16.2. The molecule has 4 nitrogen and oxygen atoms in total. The summed E-state index contributed by atoms with van der Waals surface area (Å²) in [6.45, 7) is 0. The molecule has 0 saturated carbocycles. The monoisotopic (exact) mass is 665 g/mol. The third-order valence-electron chi connectivity index (χ3n) is 11.0. The SMILES string of the molecule is c1ccc(C2=NC(c3ccc4c(c3)C3(c5ccccc5O4)c4ccccc4-c4ccccc43)N=C(c3cc4ccccc4c4ccccc34)N2)cc1. The van der Waals surface area contributed by atoms with Gasteiger partial charge in [-0.2, -0.15) is 0 Å². The summed E-state index contributed by atoms with van der Waals surface area (Å²) >= 11 is 0. The molecule has 2 aliphatic heterocycles. The molecule has 8 aromatic rings. The Morgan fingerprint density at radius 1 is 0.442 bits per heavy atom. The molecule has 0 saturated heterocycles. The van der Waals surface area contributed by atoms with Crippen LogP contribution in [0.5, 0.6) is 11.5 Å². The maximum Gasteiger partial charge on any atom is 0.169 e. The minimum atomic E-state index is -0.562. The van der Waals surface area contributed by atoms with Gasteiger partial charge in [0.2, 0.25) is 0 Å². The number of nitrogens with one attached hydrogen (secondary N) is 1. The highest BCUT2D eigenvalue weighted by Gasteiger charge is 2.51. The van der Waals surface area contributed by atoms with E-state index in [1.54, 1.807) is 0 Å². The van der Waals surface area contributed by atoms with Crippen molar-refractivity contribution in [1.29, 1.82) is 0 Å². The fraction of sp³-hybridized carbons (Fsp3) is 0.0417. The molecule has 0 bridgehead atoms. The number of nitrogens with zero attached hydrogens (tertiary/aromatic N) is 2. The van der Waals surface area contributed by atoms with E-state index in [0.29, 0.717) is 0 Å². The zero-order valence-electron chi connectivity index (χ0n) is 28.1. The number of rotatable bonds is 3. The molecule has 1 atom stereocenters. The molecular weight excluding hydrogens is 635 g/mol. The van der Waals surface area contributed by atoms with Crippen LogP contribution >= 0.6 is 0 Å². The van der Waals surface area contributed by atoms with Crippen molar-refractivity contribution in [2.75, 3.05) is 0 Å². The third kappa shape index (κ3) is 4.09. The summed E-state index contributed by atoms with van der Waals surface area (Å²) in [5, 5.41) is 8.41. The molecule has 1 aliphatic carbocycles. The van der Waals surface area contributed by atoms with E-state index in [4.69, 9.17) is 14.7 Å². The zero-order valence-corrected chi connectivity index (χ0v) is 28.1. The third-order valence-corrected chi connectivity index (χ3v) is 11.0. The molecule has 1 N–H and O–H groups in total. The van der Waals surface area contributed by atoms with Crippen molar-refractivity contribution in [3.05, 3.63) is 215 Å². The Hall–Kier alpha value is -6.78. The van der Waals surface area contributed by atoms with Gasteiger partial charge in [0.15, 0.2) is 6.17 Å². The second-order valence-corrected chi connectivity index (χ2v) is 13.7. The van der Waals surface area contributed by atoms with Gasteiger partial charge in [0.05, 0.1) is 5.41 Å². The summed E-state index contributed by atoms with van der Waals surface area (Å²) in [7, 11) is 0. The number of aliphatic imine (C=N–C) groups is 2. The Morgan fingerprint density at radius 2 is 1.04 bits per heavy atom. The van der Waals surface area contributed by atoms with Gasteiger partial charge in [-0.25, -0.2) is 9.98 Å². The van der Waals surface area contributed by atoms with Gasteiger partial charge < -0.3 is 10.1 Å². The second kappa shape index (κ2) is 11.1. The molecule has 244 valence electrons. The summed E-state index contributed by atoms with van der Waals surface area (Å²) in [5.74, 6) is 3.31. The minimum absolute atomic E-state index is 0.497. The smallest absolute Gasteiger partial charge is 0.169 e. The van der Waals surface area contributed by atoms with Crippen LogP contribution in [0.3, 0.4) is 0 Å². The van der Waals surface area contributed by atoms with Crippen LogP contribution in [0.2, 0.25) is 0 Å². The van der Waals surface area contributed by atoms with Crippen LogP contribution in [0.15, 0.2) is 186 Å². The number of hydrogen-bond donors (Lipinski definition) is 1. The highest BCUT2D eigenvalue weighted by atomic mass is 16.5. The zero-order chi connectivity index (χ0) is 34.2. The molecule has 0 fully saturated rings. The van der Waals surface area contributed by atoms with E-state index in [2.05, 4.69) is 175 Å². The Labute approximate surface area is 301 Å². The van der Waals surface area contributed by atoms with Crippen molar-refractivity contribution in [2.45, 2.75) is 11.6 Å². The van der Waals surface area contributed by atoms with E-state index in [9.17, 15) is 0 Å². The molecule has 2 heterocycles. The Morgan fingerprint density at radius 3 is 1.83 bits per heavy atom. The van der Waals surface area contributed by atoms with E-state index >= 15 is 0 Å². The lowest BCUT2D eigenvalue weighted by Gasteiger charge is -2.39. The second-order valence-electron chi connectivity index (χ2n) is 13.7. The summed E-state index contributed by atoms with van der Waals surface area (Å²) < 4.78 is 6.72. The van der Waals surface area contributed by atoms with E-state index in [1.807, 2.05) is 6.07 Å². The van der Waals surface area contributed by atoms with Crippen molar-refractivity contribution in [3.63, 3.8) is 0 Å². The molecule has 3 aliphatic rings. The topological polar surface area (TPSA) is 46.0 Å². The molecule has 4 heteroatoms. The van der Waals surface area contributed by atoms with Crippen LogP contribution in [-0.2, 0) is 5.41 Å². The summed E-state index contributed by atoms with van der Waals surface area (Å²) in [6, 6.07) is 62.5. The van der Waals surface area contributed by atoms with Gasteiger partial charge in [0.1, 0.15) is 23.2 Å². The van der Waals surface area contributed by atoms with E-state index in [1.165, 1.54) is 38.4 Å². The van der Waals surface area contributed by atoms with Crippen molar-refractivity contribution >= 4 is 33.2 Å². The van der Waals surface area contributed by atoms with Crippen LogP contribution in [0.4, 0.5) is 0 Å². The lowest BCUT2D eigenvalue weighted by molar-refractivity contribution is 0.435. The van der Waals surface area contributed by atoms with Gasteiger partial charge in [-0.05, 0) is 73.6 Å². The van der Waals surface area contributed by atoms with Crippen LogP contribution in [0, 0.1) is 0 Å². The maximum absolute atomic E-state index is 6.72. The van der Waals surface area contributed by atoms with Gasteiger partial charge in [0.25, 0.3) is 0 Å². The Balaban J connectivity index is 1.16. The van der Waals surface area contributed by atoms with Crippen molar-refractivity contribution in [3.8, 4) is 22.6 Å². The summed E-state index contributed by atoms with van der Waals surface area (Å²) in [6.07, 6.45) is -0.497. The average molecular weight is 666 g/mol. The molecule has 1 unspecified atom stereocenters. The minimum Gasteiger partial charge on any atom is -0.457 e. The molecule has 8 aromatic carbocycles. The van der Waals surface area contributed by atoms with Gasteiger partial charge >= 0.3 is 0 Å². The molecule has 11 rings (SSSR count). The molecule has 1 spiro atoms. The van der Waals surface area contributed by atoms with Gasteiger partial charge in [-0.15, -0.1) is 0 Å². The molecule has 0 aromatic heterocycles. The number of amidine groups is 2. The van der Waals surface area contributed by atoms with Gasteiger partial charge in [-0.3, -0.25) is 0 Å². The number of hydrogen-bond acceptors (Lipinski definition) is 4. The van der Waals surface area contributed by atoms with Crippen LogP contribution < -0.4 is 10.1 Å². The number of fused-ring (bicyclic) bond motifs is 12. The van der Waals surface area contributed by atoms with E-state index < -0.39 is 11.6 Å². The first kappa shape index (κ1) is 29.0. The first-order valence-electron chi connectivity index (χ1n) is 17.8. The lowest BCUT2D eigenvalue weighted by Crippen LogP contribution is -2.36. The summed E-state index contributed by atoms with van der Waals surface area (Å²) in [5.41, 5.74) is 9.76. The van der Waals surface area contributed by atoms with Crippen LogP contribution in [0.1, 0.15) is 45.1 Å². The predicted octanol–water partition coefficient (Wildman–Crippen LogP) is 11.0. The highest BCUT2D eigenvalue weighted by molar-refractivity contribution is 6.23. The first-order chi connectivity index (χ1) is 25.8. The Kier molecular flexibility index (Phi) is 6.20. The molecule has 0 radical (unpaired) electrons. The number of ether oxygens (including phenoxy) is 1. The fourth-order valence-corrected chi connectivity index (χ4v) is 8.76.